The van der Waals surface area contributed by atoms with Crippen molar-refractivity contribution < 1.29 is 19.1 Å². The predicted molar refractivity (Wildman–Crippen MR) is 65.1 cm³/mol. The van der Waals surface area contributed by atoms with Crippen LogP contribution in [0.3, 0.4) is 0 Å². The van der Waals surface area contributed by atoms with Crippen molar-refractivity contribution in [2.45, 2.75) is 6.42 Å². The molecule has 0 saturated heterocycles. The van der Waals surface area contributed by atoms with Gasteiger partial charge in [-0.3, -0.25) is 14.5 Å². The fraction of sp³-hybridized carbons (Fsp3) is 0.250. The maximum absolute atomic E-state index is 11.7. The molecule has 0 atom stereocenters. The molecule has 2 rings (SSSR count). The molecule has 0 saturated carbocycles. The summed E-state index contributed by atoms with van der Waals surface area (Å²) >= 11 is 0. The van der Waals surface area contributed by atoms with Gasteiger partial charge in [-0.1, -0.05) is 0 Å². The number of benzene rings is 1. The topological polar surface area (TPSA) is 68.2 Å². The van der Waals surface area contributed by atoms with E-state index in [0.29, 0.717) is 17.2 Å². The number of ether oxygens (including phenoxy) is 2. The molecule has 6 nitrogen and oxygen atoms in total. The lowest BCUT2D eigenvalue weighted by Crippen LogP contribution is -2.34. The second kappa shape index (κ2) is 4.87. The summed E-state index contributed by atoms with van der Waals surface area (Å²) in [6, 6.07) is 5.03. The minimum absolute atomic E-state index is 0.217. The van der Waals surface area contributed by atoms with Crippen LogP contribution in [0.5, 0.6) is 11.5 Å². The summed E-state index contributed by atoms with van der Waals surface area (Å²) in [6.45, 7) is 0. The molecule has 94 valence electrons. The van der Waals surface area contributed by atoms with Crippen LogP contribution in [0.4, 0.5) is 5.69 Å². The van der Waals surface area contributed by atoms with E-state index < -0.39 is 5.91 Å². The number of carbonyl (C=O) groups excluding carboxylic acids is 2. The molecule has 1 aliphatic rings. The average molecular weight is 248 g/mol. The number of carbonyl (C=O) groups is 2. The highest BCUT2D eigenvalue weighted by Crippen LogP contribution is 2.31. The molecule has 1 aliphatic heterocycles. The number of nitrogens with zero attached hydrogens (tertiary/aromatic N) is 2. The summed E-state index contributed by atoms with van der Waals surface area (Å²) in [4.78, 5) is 27.6. The van der Waals surface area contributed by atoms with E-state index in [2.05, 4.69) is 4.99 Å². The van der Waals surface area contributed by atoms with Crippen molar-refractivity contribution in [3.8, 4) is 11.5 Å². The van der Waals surface area contributed by atoms with E-state index in [-0.39, 0.29) is 12.3 Å². The van der Waals surface area contributed by atoms with Gasteiger partial charge in [-0.05, 0) is 12.1 Å². The average Bonchev–Trinajstić information content (AvgIpc) is 2.38. The van der Waals surface area contributed by atoms with Crippen LogP contribution in [0.1, 0.15) is 6.42 Å². The van der Waals surface area contributed by atoms with Gasteiger partial charge in [-0.15, -0.1) is 0 Å². The van der Waals surface area contributed by atoms with Gasteiger partial charge < -0.3 is 9.47 Å². The predicted octanol–water partition coefficient (Wildman–Crippen LogP) is 0.995. The number of hydrogen-bond donors (Lipinski definition) is 0. The molecule has 0 bridgehead atoms. The van der Waals surface area contributed by atoms with Crippen LogP contribution in [-0.2, 0) is 9.59 Å². The first kappa shape index (κ1) is 12.1. The lowest BCUT2D eigenvalue weighted by molar-refractivity contribution is -0.126. The first-order valence-electron chi connectivity index (χ1n) is 5.27. The highest BCUT2D eigenvalue weighted by Gasteiger charge is 2.22. The zero-order chi connectivity index (χ0) is 13.1. The van der Waals surface area contributed by atoms with E-state index in [9.17, 15) is 9.59 Å². The minimum atomic E-state index is -0.434. The molecule has 6 heteroatoms. The molecule has 0 aliphatic carbocycles. The molecule has 0 fully saturated rings. The second-order valence-electron chi connectivity index (χ2n) is 3.62. The van der Waals surface area contributed by atoms with Crippen LogP contribution in [-0.4, -0.2) is 32.4 Å². The van der Waals surface area contributed by atoms with Crippen molar-refractivity contribution in [2.75, 3.05) is 19.1 Å². The first-order valence-corrected chi connectivity index (χ1v) is 5.27. The molecule has 0 radical (unpaired) electrons. The number of anilines is 1. The molecular weight excluding hydrogens is 236 g/mol. The highest BCUT2D eigenvalue weighted by molar-refractivity contribution is 6.19. The quantitative estimate of drug-likeness (QED) is 0.748. The number of amides is 2. The van der Waals surface area contributed by atoms with Gasteiger partial charge >= 0.3 is 0 Å². The molecule has 2 amide bonds. The van der Waals surface area contributed by atoms with Gasteiger partial charge in [0.1, 0.15) is 12.8 Å². The van der Waals surface area contributed by atoms with Crippen molar-refractivity contribution in [2.24, 2.45) is 4.99 Å². The van der Waals surface area contributed by atoms with Gasteiger partial charge in [-0.2, -0.15) is 0 Å². The maximum Gasteiger partial charge on any atom is 0.256 e. The van der Waals surface area contributed by atoms with Crippen molar-refractivity contribution in [3.05, 3.63) is 18.2 Å². The molecule has 0 N–H and O–H groups in total. The van der Waals surface area contributed by atoms with Crippen LogP contribution in [0, 0.1) is 0 Å². The van der Waals surface area contributed by atoms with Crippen molar-refractivity contribution in [3.63, 3.8) is 0 Å². The van der Waals surface area contributed by atoms with E-state index >= 15 is 0 Å². The first-order chi connectivity index (χ1) is 8.65. The Hall–Kier alpha value is -2.37. The third kappa shape index (κ3) is 2.17. The Morgan fingerprint density at radius 1 is 1.17 bits per heavy atom. The summed E-state index contributed by atoms with van der Waals surface area (Å²) in [5.74, 6) is 0.325. The monoisotopic (exact) mass is 248 g/mol. The molecule has 1 heterocycles. The van der Waals surface area contributed by atoms with Crippen LogP contribution in [0.15, 0.2) is 23.2 Å². The summed E-state index contributed by atoms with van der Waals surface area (Å²) in [6.07, 6.45) is 1.00. The minimum Gasteiger partial charge on any atom is -0.493 e. The SMILES string of the molecule is COc1ccc(N2C=NC(=O)CC2=O)cc1OC. The van der Waals surface area contributed by atoms with Gasteiger partial charge in [0.2, 0.25) is 5.91 Å². The lowest BCUT2D eigenvalue weighted by Gasteiger charge is -2.20. The second-order valence-corrected chi connectivity index (χ2v) is 3.62. The number of hydrogen-bond acceptors (Lipinski definition) is 4. The Morgan fingerprint density at radius 2 is 1.89 bits per heavy atom. The Morgan fingerprint density at radius 3 is 2.50 bits per heavy atom. The number of aliphatic imine (C=N–C) groups is 1. The summed E-state index contributed by atoms with van der Waals surface area (Å²) in [7, 11) is 3.04. The molecular formula is C12H12N2O4. The summed E-state index contributed by atoms with van der Waals surface area (Å²) in [5.41, 5.74) is 0.578. The van der Waals surface area contributed by atoms with E-state index in [0.717, 1.165) is 0 Å². The third-order valence-corrected chi connectivity index (χ3v) is 2.53. The summed E-state index contributed by atoms with van der Waals surface area (Å²) < 4.78 is 10.3. The number of methoxy groups -OCH3 is 2. The van der Waals surface area contributed by atoms with Gasteiger partial charge in [0.05, 0.1) is 19.9 Å². The van der Waals surface area contributed by atoms with Gasteiger partial charge in [0.15, 0.2) is 11.5 Å². The Balaban J connectivity index is 2.37. The fourth-order valence-electron chi connectivity index (χ4n) is 1.63. The van der Waals surface area contributed by atoms with Crippen LogP contribution in [0.25, 0.3) is 0 Å². The van der Waals surface area contributed by atoms with Gasteiger partial charge in [0.25, 0.3) is 5.91 Å². The number of rotatable bonds is 3. The zero-order valence-electron chi connectivity index (χ0n) is 10.0. The van der Waals surface area contributed by atoms with E-state index in [1.807, 2.05) is 0 Å². The Bertz CT molecular complexity index is 525. The van der Waals surface area contributed by atoms with Crippen LogP contribution >= 0.6 is 0 Å². The van der Waals surface area contributed by atoms with Gasteiger partial charge in [-0.25, -0.2) is 4.99 Å². The smallest absolute Gasteiger partial charge is 0.256 e. The van der Waals surface area contributed by atoms with Crippen molar-refractivity contribution in [1.29, 1.82) is 0 Å². The normalized spacial score (nSPS) is 14.9. The zero-order valence-corrected chi connectivity index (χ0v) is 10.0. The standard InChI is InChI=1S/C12H12N2O4/c1-17-9-4-3-8(5-10(9)18-2)14-7-13-11(15)6-12(14)16/h3-5,7H,6H2,1-2H3. The Kier molecular flexibility index (Phi) is 3.27. The molecule has 18 heavy (non-hydrogen) atoms. The molecule has 0 aromatic heterocycles. The van der Waals surface area contributed by atoms with Crippen LogP contribution in [0.2, 0.25) is 0 Å². The third-order valence-electron chi connectivity index (χ3n) is 2.53. The summed E-state index contributed by atoms with van der Waals surface area (Å²) in [5, 5.41) is 0. The van der Waals surface area contributed by atoms with Crippen molar-refractivity contribution >= 4 is 23.8 Å². The molecule has 0 spiro atoms. The maximum atomic E-state index is 11.7. The molecule has 0 unspecified atom stereocenters. The van der Waals surface area contributed by atoms with Crippen LogP contribution < -0.4 is 14.4 Å². The lowest BCUT2D eigenvalue weighted by atomic mass is 10.2. The fourth-order valence-corrected chi connectivity index (χ4v) is 1.63. The van der Waals surface area contributed by atoms with E-state index in [1.165, 1.54) is 25.5 Å². The Labute approximate surface area is 104 Å². The van der Waals surface area contributed by atoms with Gasteiger partial charge in [0, 0.05) is 6.07 Å². The van der Waals surface area contributed by atoms with E-state index in [1.54, 1.807) is 18.2 Å². The van der Waals surface area contributed by atoms with Crippen molar-refractivity contribution in [1.82, 2.24) is 0 Å². The highest BCUT2D eigenvalue weighted by atomic mass is 16.5. The molecule has 1 aromatic carbocycles. The largest absolute Gasteiger partial charge is 0.493 e. The molecule has 1 aromatic rings. The van der Waals surface area contributed by atoms with E-state index in [4.69, 9.17) is 9.47 Å².